The van der Waals surface area contributed by atoms with Crippen molar-refractivity contribution >= 4 is 64.8 Å². The number of hydrogen-bond donors (Lipinski definition) is 0. The summed E-state index contributed by atoms with van der Waals surface area (Å²) >= 11 is 13.8. The summed E-state index contributed by atoms with van der Waals surface area (Å²) in [5.41, 5.74) is 0. The minimum absolute atomic E-state index is 0.316. The summed E-state index contributed by atoms with van der Waals surface area (Å²) in [6.45, 7) is 1.18. The van der Waals surface area contributed by atoms with Crippen LogP contribution >= 0.6 is 54.8 Å². The smallest absolute Gasteiger partial charge is 0.206 e. The summed E-state index contributed by atoms with van der Waals surface area (Å²) in [4.78, 5) is 0. The molecule has 0 atom stereocenters. The van der Waals surface area contributed by atoms with Crippen molar-refractivity contribution in [3.05, 3.63) is 14.9 Å². The second-order valence-electron chi connectivity index (χ2n) is 4.19. The zero-order chi connectivity index (χ0) is 13.3. The molecule has 102 valence electrons. The van der Waals surface area contributed by atoms with E-state index in [9.17, 15) is 8.42 Å². The number of halogens is 3. The lowest BCUT2D eigenvalue weighted by atomic mass is 10.0. The zero-order valence-electron chi connectivity index (χ0n) is 9.40. The van der Waals surface area contributed by atoms with Gasteiger partial charge in [-0.3, -0.25) is 0 Å². The van der Waals surface area contributed by atoms with E-state index in [1.165, 1.54) is 17.4 Å². The average molecular weight is 438 g/mol. The second-order valence-corrected chi connectivity index (χ2v) is 9.78. The Kier molecular flexibility index (Phi) is 5.17. The molecule has 8 heteroatoms. The molecular formula is C10H12Br2ClNO2S2. The van der Waals surface area contributed by atoms with E-state index in [2.05, 4.69) is 31.9 Å². The normalized spacial score (nSPS) is 19.3. The number of nitrogens with zero attached hydrogens (tertiary/aromatic N) is 1. The van der Waals surface area contributed by atoms with Crippen molar-refractivity contribution in [2.45, 2.75) is 17.1 Å². The van der Waals surface area contributed by atoms with Crippen LogP contribution in [0, 0.1) is 5.92 Å². The van der Waals surface area contributed by atoms with Crippen LogP contribution in [0.3, 0.4) is 0 Å². The first kappa shape index (κ1) is 15.3. The van der Waals surface area contributed by atoms with Crippen LogP contribution in [0.5, 0.6) is 0 Å². The molecule has 1 aliphatic heterocycles. The SMILES string of the molecule is O=S(=O)(c1cc(Cl)c(Br)s1)N1CCC(CBr)CC1. The fourth-order valence-corrected chi connectivity index (χ4v) is 6.56. The summed E-state index contributed by atoms with van der Waals surface area (Å²) in [5.74, 6) is 0.579. The van der Waals surface area contributed by atoms with Crippen molar-refractivity contribution in [1.29, 1.82) is 0 Å². The van der Waals surface area contributed by atoms with Gasteiger partial charge in [0.1, 0.15) is 4.21 Å². The molecule has 0 radical (unpaired) electrons. The van der Waals surface area contributed by atoms with Crippen molar-refractivity contribution in [3.63, 3.8) is 0 Å². The highest BCUT2D eigenvalue weighted by atomic mass is 79.9. The van der Waals surface area contributed by atoms with Crippen molar-refractivity contribution in [2.75, 3.05) is 18.4 Å². The van der Waals surface area contributed by atoms with Gasteiger partial charge in [-0.15, -0.1) is 11.3 Å². The van der Waals surface area contributed by atoms with Crippen LogP contribution in [0.25, 0.3) is 0 Å². The molecular weight excluding hydrogens is 426 g/mol. The molecule has 1 aliphatic rings. The zero-order valence-corrected chi connectivity index (χ0v) is 15.0. The Bertz CT molecular complexity index is 504. The van der Waals surface area contributed by atoms with Crippen molar-refractivity contribution in [3.8, 4) is 0 Å². The van der Waals surface area contributed by atoms with E-state index in [4.69, 9.17) is 11.6 Å². The van der Waals surface area contributed by atoms with Crippen molar-refractivity contribution in [1.82, 2.24) is 4.31 Å². The first-order valence-electron chi connectivity index (χ1n) is 5.46. The van der Waals surface area contributed by atoms with Gasteiger partial charge in [-0.05, 0) is 40.8 Å². The minimum Gasteiger partial charge on any atom is -0.206 e. The number of alkyl halides is 1. The van der Waals surface area contributed by atoms with Crippen LogP contribution in [-0.4, -0.2) is 31.1 Å². The maximum absolute atomic E-state index is 12.4. The van der Waals surface area contributed by atoms with Gasteiger partial charge in [-0.25, -0.2) is 8.42 Å². The van der Waals surface area contributed by atoms with Crippen LogP contribution < -0.4 is 0 Å². The molecule has 1 fully saturated rings. The van der Waals surface area contributed by atoms with Gasteiger partial charge in [0.2, 0.25) is 0 Å². The lowest BCUT2D eigenvalue weighted by molar-refractivity contribution is 0.292. The fourth-order valence-electron chi connectivity index (χ4n) is 1.89. The maximum Gasteiger partial charge on any atom is 0.252 e. The van der Waals surface area contributed by atoms with Crippen molar-refractivity contribution in [2.24, 2.45) is 5.92 Å². The Morgan fingerprint density at radius 3 is 2.50 bits per heavy atom. The van der Waals surface area contributed by atoms with Crippen LogP contribution in [0.15, 0.2) is 14.1 Å². The van der Waals surface area contributed by atoms with Gasteiger partial charge < -0.3 is 0 Å². The third kappa shape index (κ3) is 3.12. The fraction of sp³-hybridized carbons (Fsp3) is 0.600. The molecule has 0 aromatic carbocycles. The van der Waals surface area contributed by atoms with Gasteiger partial charge in [0.05, 0.1) is 8.81 Å². The molecule has 3 nitrogen and oxygen atoms in total. The number of rotatable bonds is 3. The number of piperidine rings is 1. The molecule has 0 amide bonds. The van der Waals surface area contributed by atoms with E-state index in [1.54, 1.807) is 4.31 Å². The summed E-state index contributed by atoms with van der Waals surface area (Å²) in [5, 5.41) is 1.39. The average Bonchev–Trinajstić information content (AvgIpc) is 2.70. The molecule has 2 rings (SSSR count). The second kappa shape index (κ2) is 6.10. The third-order valence-corrected chi connectivity index (χ3v) is 8.75. The summed E-state index contributed by atoms with van der Waals surface area (Å²) in [6.07, 6.45) is 1.81. The Hall–Kier alpha value is 0.860. The predicted octanol–water partition coefficient (Wildman–Crippen LogP) is 3.96. The van der Waals surface area contributed by atoms with E-state index in [0.717, 1.165) is 18.2 Å². The quantitative estimate of drug-likeness (QED) is 0.672. The highest BCUT2D eigenvalue weighted by Crippen LogP contribution is 2.36. The molecule has 1 saturated heterocycles. The maximum atomic E-state index is 12.4. The predicted molar refractivity (Wildman–Crippen MR) is 82.3 cm³/mol. The molecule has 0 spiro atoms. The lowest BCUT2D eigenvalue weighted by Gasteiger charge is -2.29. The third-order valence-electron chi connectivity index (χ3n) is 3.01. The van der Waals surface area contributed by atoms with Gasteiger partial charge in [-0.2, -0.15) is 4.31 Å². The van der Waals surface area contributed by atoms with Gasteiger partial charge in [-0.1, -0.05) is 27.5 Å². The molecule has 1 aromatic heterocycles. The molecule has 1 aromatic rings. The lowest BCUT2D eigenvalue weighted by Crippen LogP contribution is -2.38. The molecule has 0 bridgehead atoms. The van der Waals surface area contributed by atoms with Crippen LogP contribution in [-0.2, 0) is 10.0 Å². The minimum atomic E-state index is -3.37. The largest absolute Gasteiger partial charge is 0.252 e. The Morgan fingerprint density at radius 2 is 2.06 bits per heavy atom. The van der Waals surface area contributed by atoms with Crippen molar-refractivity contribution < 1.29 is 8.42 Å². The number of hydrogen-bond acceptors (Lipinski definition) is 3. The highest BCUT2D eigenvalue weighted by Gasteiger charge is 2.30. The standard InChI is InChI=1S/C10H12Br2ClNO2S2/c11-6-7-1-3-14(4-2-7)18(15,16)9-5-8(13)10(12)17-9/h5,7H,1-4,6H2. The topological polar surface area (TPSA) is 37.4 Å². The van der Waals surface area contributed by atoms with E-state index < -0.39 is 10.0 Å². The summed E-state index contributed by atoms with van der Waals surface area (Å²) in [7, 11) is -3.37. The molecule has 0 N–H and O–H groups in total. The molecule has 0 aliphatic carbocycles. The van der Waals surface area contributed by atoms with Crippen LogP contribution in [0.1, 0.15) is 12.8 Å². The summed E-state index contributed by atoms with van der Waals surface area (Å²) < 4.78 is 27.3. The van der Waals surface area contributed by atoms with Gasteiger partial charge >= 0.3 is 0 Å². The van der Waals surface area contributed by atoms with Crippen LogP contribution in [0.4, 0.5) is 0 Å². The van der Waals surface area contributed by atoms with Crippen LogP contribution in [0.2, 0.25) is 5.02 Å². The molecule has 0 saturated carbocycles. The van der Waals surface area contributed by atoms with Gasteiger partial charge in [0.15, 0.2) is 0 Å². The summed E-state index contributed by atoms with van der Waals surface area (Å²) in [6, 6.07) is 1.52. The monoisotopic (exact) mass is 435 g/mol. The van der Waals surface area contributed by atoms with Gasteiger partial charge in [0, 0.05) is 18.4 Å². The number of thiophene rings is 1. The Morgan fingerprint density at radius 1 is 1.44 bits per heavy atom. The van der Waals surface area contributed by atoms with E-state index in [0.29, 0.717) is 32.0 Å². The molecule has 0 unspecified atom stereocenters. The van der Waals surface area contributed by atoms with E-state index in [1.807, 2.05) is 0 Å². The van der Waals surface area contributed by atoms with Gasteiger partial charge in [0.25, 0.3) is 10.0 Å². The first-order valence-corrected chi connectivity index (χ1v) is 10.0. The Labute approximate surface area is 133 Å². The number of sulfonamides is 1. The molecule has 18 heavy (non-hydrogen) atoms. The van der Waals surface area contributed by atoms with E-state index >= 15 is 0 Å². The first-order chi connectivity index (χ1) is 8.45. The molecule has 2 heterocycles. The Balaban J connectivity index is 2.17. The highest BCUT2D eigenvalue weighted by molar-refractivity contribution is 9.11. The van der Waals surface area contributed by atoms with E-state index in [-0.39, 0.29) is 0 Å².